The highest BCUT2D eigenvalue weighted by atomic mass is 35.5. The van der Waals surface area contributed by atoms with E-state index < -0.39 is 0 Å². The smallest absolute Gasteiger partial charge is 0.225 e. The fraction of sp³-hybridized carbons (Fsp3) is 0.458. The zero-order valence-corrected chi connectivity index (χ0v) is 18.8. The van der Waals surface area contributed by atoms with Gasteiger partial charge in [-0.1, -0.05) is 36.4 Å². The Bertz CT molecular complexity index is 808. The lowest BCUT2D eigenvalue weighted by molar-refractivity contribution is -0.135. The van der Waals surface area contributed by atoms with Gasteiger partial charge in [-0.2, -0.15) is 0 Å². The molecule has 0 aliphatic carbocycles. The van der Waals surface area contributed by atoms with Crippen molar-refractivity contribution >= 4 is 18.3 Å². The quantitative estimate of drug-likeness (QED) is 0.749. The molecule has 1 aliphatic heterocycles. The van der Waals surface area contributed by atoms with Crippen molar-refractivity contribution in [1.29, 1.82) is 0 Å². The van der Waals surface area contributed by atoms with Crippen LogP contribution in [0.3, 0.4) is 0 Å². The van der Waals surface area contributed by atoms with Crippen molar-refractivity contribution in [3.05, 3.63) is 64.2 Å². The number of amides is 1. The minimum Gasteiger partial charge on any atom is -0.488 e. The van der Waals surface area contributed by atoms with Crippen LogP contribution in [0.25, 0.3) is 0 Å². The normalized spacial score (nSPS) is 14.2. The molecule has 0 unspecified atom stereocenters. The van der Waals surface area contributed by atoms with Gasteiger partial charge in [-0.15, -0.1) is 12.4 Å². The molecule has 1 fully saturated rings. The van der Waals surface area contributed by atoms with Crippen molar-refractivity contribution in [2.45, 2.75) is 46.8 Å². The van der Waals surface area contributed by atoms with Crippen LogP contribution in [0.15, 0.2) is 36.4 Å². The van der Waals surface area contributed by atoms with Crippen LogP contribution in [-0.4, -0.2) is 30.9 Å². The van der Waals surface area contributed by atoms with E-state index in [0.717, 1.165) is 48.4 Å². The lowest BCUT2D eigenvalue weighted by Crippen LogP contribution is -2.38. The third-order valence-electron chi connectivity index (χ3n) is 5.64. The summed E-state index contributed by atoms with van der Waals surface area (Å²) in [6, 6.07) is 12.6. The highest BCUT2D eigenvalue weighted by Crippen LogP contribution is 2.27. The largest absolute Gasteiger partial charge is 0.488 e. The fourth-order valence-electron chi connectivity index (χ4n) is 4.01. The second kappa shape index (κ2) is 10.7. The van der Waals surface area contributed by atoms with Gasteiger partial charge in [0.15, 0.2) is 0 Å². The van der Waals surface area contributed by atoms with Crippen molar-refractivity contribution in [2.75, 3.05) is 20.1 Å². The minimum absolute atomic E-state index is 0. The van der Waals surface area contributed by atoms with E-state index >= 15 is 0 Å². The SMILES string of the molecule is Cc1ccccc1COc1c(C)cc(CN(C)C(=O)C2CCNCC2)cc1C.Cl. The van der Waals surface area contributed by atoms with Gasteiger partial charge in [0.2, 0.25) is 5.91 Å². The molecular formula is C24H33ClN2O2. The highest BCUT2D eigenvalue weighted by Gasteiger charge is 2.24. The van der Waals surface area contributed by atoms with Gasteiger partial charge in [0, 0.05) is 19.5 Å². The Morgan fingerprint density at radius 2 is 1.69 bits per heavy atom. The van der Waals surface area contributed by atoms with E-state index in [1.165, 1.54) is 11.1 Å². The summed E-state index contributed by atoms with van der Waals surface area (Å²) in [6.07, 6.45) is 1.87. The van der Waals surface area contributed by atoms with Crippen molar-refractivity contribution in [3.8, 4) is 5.75 Å². The van der Waals surface area contributed by atoms with Crippen LogP contribution in [-0.2, 0) is 17.9 Å². The number of hydrogen-bond acceptors (Lipinski definition) is 3. The Hall–Kier alpha value is -2.04. The number of carbonyl (C=O) groups is 1. The first-order valence-corrected chi connectivity index (χ1v) is 10.2. The molecule has 4 nitrogen and oxygen atoms in total. The van der Waals surface area contributed by atoms with E-state index in [9.17, 15) is 4.79 Å². The van der Waals surface area contributed by atoms with Crippen LogP contribution in [0.1, 0.15) is 40.7 Å². The van der Waals surface area contributed by atoms with Crippen LogP contribution in [0.4, 0.5) is 0 Å². The molecule has 3 rings (SSSR count). The first kappa shape index (κ1) is 23.2. The third kappa shape index (κ3) is 5.97. The first-order valence-electron chi connectivity index (χ1n) is 10.2. The van der Waals surface area contributed by atoms with Crippen molar-refractivity contribution in [3.63, 3.8) is 0 Å². The van der Waals surface area contributed by atoms with E-state index in [0.29, 0.717) is 13.2 Å². The zero-order chi connectivity index (χ0) is 20.1. The lowest BCUT2D eigenvalue weighted by Gasteiger charge is -2.27. The second-order valence-corrected chi connectivity index (χ2v) is 7.99. The van der Waals surface area contributed by atoms with Crippen LogP contribution < -0.4 is 10.1 Å². The Kier molecular flexibility index (Phi) is 8.54. The maximum Gasteiger partial charge on any atom is 0.225 e. The molecule has 1 N–H and O–H groups in total. The summed E-state index contributed by atoms with van der Waals surface area (Å²) >= 11 is 0. The average molecular weight is 417 g/mol. The van der Waals surface area contributed by atoms with Gasteiger partial charge in [0.25, 0.3) is 0 Å². The molecule has 1 heterocycles. The van der Waals surface area contributed by atoms with E-state index in [1.54, 1.807) is 0 Å². The summed E-state index contributed by atoms with van der Waals surface area (Å²) in [5.74, 6) is 1.36. The summed E-state index contributed by atoms with van der Waals surface area (Å²) in [7, 11) is 1.91. The molecule has 1 saturated heterocycles. The van der Waals surface area contributed by atoms with Gasteiger partial charge in [-0.3, -0.25) is 4.79 Å². The monoisotopic (exact) mass is 416 g/mol. The number of benzene rings is 2. The average Bonchev–Trinajstić information content (AvgIpc) is 2.68. The zero-order valence-electron chi connectivity index (χ0n) is 18.0. The molecule has 0 bridgehead atoms. The lowest BCUT2D eigenvalue weighted by atomic mass is 9.96. The van der Waals surface area contributed by atoms with Gasteiger partial charge in [0.1, 0.15) is 12.4 Å². The fourth-order valence-corrected chi connectivity index (χ4v) is 4.01. The van der Waals surface area contributed by atoms with Crippen LogP contribution in [0, 0.1) is 26.7 Å². The van der Waals surface area contributed by atoms with Crippen LogP contribution >= 0.6 is 12.4 Å². The molecule has 1 amide bonds. The maximum atomic E-state index is 12.7. The number of aryl methyl sites for hydroxylation is 3. The predicted molar refractivity (Wildman–Crippen MR) is 121 cm³/mol. The molecule has 0 aromatic heterocycles. The minimum atomic E-state index is 0. The Morgan fingerprint density at radius 3 is 2.31 bits per heavy atom. The summed E-state index contributed by atoms with van der Waals surface area (Å²) < 4.78 is 6.15. The number of piperidine rings is 1. The molecule has 1 aliphatic rings. The number of ether oxygens (including phenoxy) is 1. The molecule has 158 valence electrons. The number of rotatable bonds is 6. The topological polar surface area (TPSA) is 41.6 Å². The summed E-state index contributed by atoms with van der Waals surface area (Å²) in [5, 5.41) is 3.32. The van der Waals surface area contributed by atoms with Gasteiger partial charge < -0.3 is 15.0 Å². The Balaban J connectivity index is 0.00000300. The van der Waals surface area contributed by atoms with E-state index in [4.69, 9.17) is 4.74 Å². The van der Waals surface area contributed by atoms with E-state index in [1.807, 2.05) is 24.1 Å². The van der Waals surface area contributed by atoms with Gasteiger partial charge >= 0.3 is 0 Å². The molecule has 29 heavy (non-hydrogen) atoms. The van der Waals surface area contributed by atoms with Crippen molar-refractivity contribution in [1.82, 2.24) is 10.2 Å². The Labute approximate surface area is 181 Å². The number of hydrogen-bond donors (Lipinski definition) is 1. The number of halogens is 1. The van der Waals surface area contributed by atoms with E-state index in [-0.39, 0.29) is 24.2 Å². The molecule has 2 aromatic rings. The number of nitrogens with one attached hydrogen (secondary N) is 1. The number of nitrogens with zero attached hydrogens (tertiary/aromatic N) is 1. The standard InChI is InChI=1S/C24H32N2O2.ClH/c1-17-7-5-6-8-22(17)16-28-23-18(2)13-20(14-19(23)3)15-26(4)24(27)21-9-11-25-12-10-21;/h5-8,13-14,21,25H,9-12,15-16H2,1-4H3;1H. The Morgan fingerprint density at radius 1 is 1.07 bits per heavy atom. The molecular weight excluding hydrogens is 384 g/mol. The molecule has 0 saturated carbocycles. The predicted octanol–water partition coefficient (Wildman–Crippen LogP) is 4.57. The molecule has 5 heteroatoms. The summed E-state index contributed by atoms with van der Waals surface area (Å²) in [5.41, 5.74) is 5.84. The maximum absolute atomic E-state index is 12.7. The van der Waals surface area contributed by atoms with Crippen molar-refractivity contribution in [2.24, 2.45) is 5.92 Å². The molecule has 0 atom stereocenters. The first-order chi connectivity index (χ1) is 13.5. The van der Waals surface area contributed by atoms with E-state index in [2.05, 4.69) is 50.4 Å². The highest BCUT2D eigenvalue weighted by molar-refractivity contribution is 5.85. The summed E-state index contributed by atoms with van der Waals surface area (Å²) in [4.78, 5) is 14.6. The van der Waals surface area contributed by atoms with Gasteiger partial charge in [0.05, 0.1) is 0 Å². The molecule has 0 radical (unpaired) electrons. The third-order valence-corrected chi connectivity index (χ3v) is 5.64. The number of carbonyl (C=O) groups excluding carboxylic acids is 1. The van der Waals surface area contributed by atoms with Crippen LogP contribution in [0.2, 0.25) is 0 Å². The molecule has 2 aromatic carbocycles. The summed E-state index contributed by atoms with van der Waals surface area (Å²) in [6.45, 7) is 9.36. The molecule has 0 spiro atoms. The van der Waals surface area contributed by atoms with Crippen LogP contribution in [0.5, 0.6) is 5.75 Å². The van der Waals surface area contributed by atoms with Crippen molar-refractivity contribution < 1.29 is 9.53 Å². The van der Waals surface area contributed by atoms with Gasteiger partial charge in [-0.25, -0.2) is 0 Å². The van der Waals surface area contributed by atoms with Gasteiger partial charge in [-0.05, 0) is 74.5 Å². The second-order valence-electron chi connectivity index (χ2n) is 7.99.